The fourth-order valence-corrected chi connectivity index (χ4v) is 2.62. The molecule has 0 saturated heterocycles. The first-order valence-electron chi connectivity index (χ1n) is 5.25. The Labute approximate surface area is 88.9 Å². The summed E-state index contributed by atoms with van der Waals surface area (Å²) in [6, 6.07) is 0. The Morgan fingerprint density at radius 1 is 1.13 bits per heavy atom. The first kappa shape index (κ1) is 10.5. The summed E-state index contributed by atoms with van der Waals surface area (Å²) in [6.07, 6.45) is 3.72. The van der Waals surface area contributed by atoms with E-state index in [0.717, 1.165) is 12.8 Å². The van der Waals surface area contributed by atoms with E-state index in [1.807, 2.05) is 6.42 Å². The highest BCUT2D eigenvalue weighted by atomic mass is 16.6. The van der Waals surface area contributed by atoms with Crippen molar-refractivity contribution in [3.8, 4) is 0 Å². The molecule has 0 aromatic heterocycles. The molecule has 4 nitrogen and oxygen atoms in total. The third-order valence-corrected chi connectivity index (χ3v) is 3.11. The highest BCUT2D eigenvalue weighted by Crippen LogP contribution is 2.46. The molecule has 2 fully saturated rings. The van der Waals surface area contributed by atoms with Gasteiger partial charge in [0.25, 0.3) is 0 Å². The van der Waals surface area contributed by atoms with Crippen LogP contribution in [-0.2, 0) is 19.1 Å². The van der Waals surface area contributed by atoms with E-state index >= 15 is 0 Å². The number of ether oxygens (including phenoxy) is 2. The zero-order valence-electron chi connectivity index (χ0n) is 8.93. The van der Waals surface area contributed by atoms with Gasteiger partial charge >= 0.3 is 11.9 Å². The molecule has 0 N–H and O–H groups in total. The molecule has 83 valence electrons. The van der Waals surface area contributed by atoms with E-state index in [9.17, 15) is 9.59 Å². The number of esters is 2. The minimum Gasteiger partial charge on any atom is -0.462 e. The summed E-state index contributed by atoms with van der Waals surface area (Å²) in [5.41, 5.74) is 0. The smallest absolute Gasteiger partial charge is 0.302 e. The van der Waals surface area contributed by atoms with E-state index < -0.39 is 0 Å². The predicted octanol–water partition coefficient (Wildman–Crippen LogP) is 1.09. The first-order valence-corrected chi connectivity index (χ1v) is 5.25. The summed E-state index contributed by atoms with van der Waals surface area (Å²) >= 11 is 0. The third kappa shape index (κ3) is 2.13. The fourth-order valence-electron chi connectivity index (χ4n) is 2.62. The van der Waals surface area contributed by atoms with Crippen LogP contribution in [0.25, 0.3) is 0 Å². The molecule has 2 rings (SSSR count). The lowest BCUT2D eigenvalue weighted by Crippen LogP contribution is -2.31. The lowest BCUT2D eigenvalue weighted by atomic mass is 9.95. The van der Waals surface area contributed by atoms with Crippen molar-refractivity contribution < 1.29 is 19.1 Å². The minimum atomic E-state index is -0.243. The third-order valence-electron chi connectivity index (χ3n) is 3.11. The SMILES string of the molecule is CC(=O)O[C@H]1[CH][C@H]2C[C@@H]1C[C@H]2OC(C)=O. The van der Waals surface area contributed by atoms with E-state index in [0.29, 0.717) is 5.92 Å². The standard InChI is InChI=1S/C11H15O4/c1-6(12)14-10-4-9-3-8(10)5-11(9)15-7(2)13/h4,8-11H,3,5H2,1-2H3/t8-,9-,10+,11-/m1/s1. The zero-order valence-corrected chi connectivity index (χ0v) is 8.93. The molecule has 1 radical (unpaired) electrons. The number of hydrogen-bond donors (Lipinski definition) is 0. The molecule has 0 amide bonds. The van der Waals surface area contributed by atoms with Gasteiger partial charge in [-0.3, -0.25) is 9.59 Å². The van der Waals surface area contributed by atoms with Crippen molar-refractivity contribution in [3.05, 3.63) is 6.42 Å². The molecule has 0 unspecified atom stereocenters. The van der Waals surface area contributed by atoms with E-state index in [4.69, 9.17) is 9.47 Å². The number of hydrogen-bond acceptors (Lipinski definition) is 4. The van der Waals surface area contributed by atoms with Crippen LogP contribution < -0.4 is 0 Å². The van der Waals surface area contributed by atoms with E-state index in [1.54, 1.807) is 0 Å². The lowest BCUT2D eigenvalue weighted by molar-refractivity contribution is -0.153. The summed E-state index contributed by atoms with van der Waals surface area (Å²) in [4.78, 5) is 21.6. The van der Waals surface area contributed by atoms with Crippen LogP contribution in [0.1, 0.15) is 26.7 Å². The predicted molar refractivity (Wildman–Crippen MR) is 51.6 cm³/mol. The molecule has 2 aliphatic carbocycles. The Kier molecular flexibility index (Phi) is 2.67. The topological polar surface area (TPSA) is 52.6 Å². The molecule has 4 heteroatoms. The Morgan fingerprint density at radius 3 is 2.27 bits per heavy atom. The van der Waals surface area contributed by atoms with Crippen molar-refractivity contribution in [1.29, 1.82) is 0 Å². The van der Waals surface area contributed by atoms with Crippen molar-refractivity contribution in [2.75, 3.05) is 0 Å². The monoisotopic (exact) mass is 211 g/mol. The van der Waals surface area contributed by atoms with Crippen LogP contribution in [0.3, 0.4) is 0 Å². The summed E-state index contributed by atoms with van der Waals surface area (Å²) in [5, 5.41) is 0. The van der Waals surface area contributed by atoms with E-state index in [-0.39, 0.29) is 30.1 Å². The average Bonchev–Trinajstić information content (AvgIpc) is 2.60. The van der Waals surface area contributed by atoms with Gasteiger partial charge in [0.1, 0.15) is 12.2 Å². The van der Waals surface area contributed by atoms with Gasteiger partial charge in [-0.25, -0.2) is 0 Å². The van der Waals surface area contributed by atoms with Gasteiger partial charge < -0.3 is 9.47 Å². The van der Waals surface area contributed by atoms with Crippen LogP contribution in [0.15, 0.2) is 0 Å². The Bertz CT molecular complexity index is 258. The molecular formula is C11H15O4. The van der Waals surface area contributed by atoms with Crippen LogP contribution in [0.2, 0.25) is 0 Å². The van der Waals surface area contributed by atoms with Crippen molar-refractivity contribution >= 4 is 11.9 Å². The second-order valence-corrected chi connectivity index (χ2v) is 4.31. The van der Waals surface area contributed by atoms with Crippen LogP contribution in [0, 0.1) is 18.3 Å². The Balaban J connectivity index is 1.88. The summed E-state index contributed by atoms with van der Waals surface area (Å²) in [7, 11) is 0. The maximum Gasteiger partial charge on any atom is 0.302 e. The van der Waals surface area contributed by atoms with E-state index in [1.165, 1.54) is 13.8 Å². The van der Waals surface area contributed by atoms with Crippen molar-refractivity contribution in [2.45, 2.75) is 38.9 Å². The molecule has 0 aliphatic heterocycles. The first-order chi connectivity index (χ1) is 7.06. The maximum absolute atomic E-state index is 10.8. The minimum absolute atomic E-state index is 0.000641. The molecule has 0 aromatic carbocycles. The second-order valence-electron chi connectivity index (χ2n) is 4.31. The van der Waals surface area contributed by atoms with Crippen LogP contribution >= 0.6 is 0 Å². The van der Waals surface area contributed by atoms with Gasteiger partial charge in [-0.2, -0.15) is 0 Å². The van der Waals surface area contributed by atoms with Crippen LogP contribution in [0.5, 0.6) is 0 Å². The molecule has 15 heavy (non-hydrogen) atoms. The molecule has 0 heterocycles. The maximum atomic E-state index is 10.8. The van der Waals surface area contributed by atoms with Gasteiger partial charge in [0, 0.05) is 32.1 Å². The number of carbonyl (C=O) groups excluding carboxylic acids is 2. The Morgan fingerprint density at radius 2 is 1.80 bits per heavy atom. The highest BCUT2D eigenvalue weighted by molar-refractivity contribution is 5.67. The normalized spacial score (nSPS) is 37.7. The molecular weight excluding hydrogens is 196 g/mol. The van der Waals surface area contributed by atoms with Gasteiger partial charge in [-0.05, 0) is 12.8 Å². The van der Waals surface area contributed by atoms with Gasteiger partial charge in [-0.1, -0.05) is 0 Å². The number of rotatable bonds is 2. The summed E-state index contributed by atoms with van der Waals surface area (Å²) in [6.45, 7) is 2.85. The molecule has 0 spiro atoms. The quantitative estimate of drug-likeness (QED) is 0.642. The van der Waals surface area contributed by atoms with Crippen molar-refractivity contribution in [3.63, 3.8) is 0 Å². The summed E-state index contributed by atoms with van der Waals surface area (Å²) < 4.78 is 10.4. The number of fused-ring (bicyclic) bond motifs is 2. The largest absolute Gasteiger partial charge is 0.462 e. The highest BCUT2D eigenvalue weighted by Gasteiger charge is 2.49. The van der Waals surface area contributed by atoms with Gasteiger partial charge in [0.2, 0.25) is 0 Å². The average molecular weight is 211 g/mol. The zero-order chi connectivity index (χ0) is 11.0. The Hall–Kier alpha value is -1.06. The van der Waals surface area contributed by atoms with Crippen LogP contribution in [-0.4, -0.2) is 24.1 Å². The van der Waals surface area contributed by atoms with Crippen LogP contribution in [0.4, 0.5) is 0 Å². The second kappa shape index (κ2) is 3.83. The number of carbonyl (C=O) groups is 2. The molecule has 0 aromatic rings. The van der Waals surface area contributed by atoms with E-state index in [2.05, 4.69) is 0 Å². The van der Waals surface area contributed by atoms with Crippen molar-refractivity contribution in [1.82, 2.24) is 0 Å². The molecule has 2 bridgehead atoms. The molecule has 2 saturated carbocycles. The fraction of sp³-hybridized carbons (Fsp3) is 0.727. The molecule has 4 atom stereocenters. The van der Waals surface area contributed by atoms with Gasteiger partial charge in [0.15, 0.2) is 0 Å². The lowest BCUT2D eigenvalue weighted by Gasteiger charge is -2.26. The van der Waals surface area contributed by atoms with Crippen molar-refractivity contribution in [2.24, 2.45) is 11.8 Å². The molecule has 2 aliphatic rings. The van der Waals surface area contributed by atoms with Gasteiger partial charge in [0.05, 0.1) is 0 Å². The summed E-state index contributed by atoms with van der Waals surface area (Å²) in [5.74, 6) is 0.129. The van der Waals surface area contributed by atoms with Gasteiger partial charge in [-0.15, -0.1) is 0 Å².